The van der Waals surface area contributed by atoms with Crippen molar-refractivity contribution in [3.63, 3.8) is 0 Å². The van der Waals surface area contributed by atoms with E-state index in [0.717, 1.165) is 22.7 Å². The van der Waals surface area contributed by atoms with Crippen LogP contribution in [0.1, 0.15) is 35.7 Å². The van der Waals surface area contributed by atoms with Gasteiger partial charge < -0.3 is 9.84 Å². The molecule has 4 heteroatoms. The molecule has 1 aromatic carbocycles. The molecule has 0 fully saturated rings. The summed E-state index contributed by atoms with van der Waals surface area (Å²) in [5, 5.41) is 13.2. The number of aromatic nitrogens is 1. The van der Waals surface area contributed by atoms with Crippen molar-refractivity contribution in [2.24, 2.45) is 0 Å². The molecule has 2 rings (SSSR count). The lowest BCUT2D eigenvalue weighted by atomic mass is 10.1. The van der Waals surface area contributed by atoms with Crippen molar-refractivity contribution in [2.45, 2.75) is 26.4 Å². The molecule has 1 atom stereocenters. The minimum Gasteiger partial charge on any atom is -0.493 e. The van der Waals surface area contributed by atoms with Gasteiger partial charge in [0.05, 0.1) is 17.3 Å². The molecule has 0 amide bonds. The predicted octanol–water partition coefficient (Wildman–Crippen LogP) is 3.32. The van der Waals surface area contributed by atoms with Gasteiger partial charge in [-0.1, -0.05) is 25.1 Å². The summed E-state index contributed by atoms with van der Waals surface area (Å²) in [5.41, 5.74) is 1.46. The van der Waals surface area contributed by atoms with Crippen molar-refractivity contribution < 1.29 is 9.84 Å². The Balaban J connectivity index is 2.26. The van der Waals surface area contributed by atoms with Gasteiger partial charge in [0.1, 0.15) is 11.9 Å². The second kappa shape index (κ2) is 5.98. The molecule has 1 heterocycles. The summed E-state index contributed by atoms with van der Waals surface area (Å²) in [6.07, 6.45) is 0.225. The Kier molecular flexibility index (Phi) is 4.33. The number of para-hydroxylation sites is 1. The van der Waals surface area contributed by atoms with Crippen molar-refractivity contribution in [2.75, 3.05) is 6.61 Å². The first kappa shape index (κ1) is 13.1. The maximum atomic E-state index is 10.3. The quantitative estimate of drug-likeness (QED) is 0.899. The molecule has 0 bridgehead atoms. The topological polar surface area (TPSA) is 42.4 Å². The van der Waals surface area contributed by atoms with Gasteiger partial charge in [-0.05, 0) is 19.4 Å². The number of nitrogens with zero attached hydrogens (tertiary/aromatic N) is 1. The normalized spacial score (nSPS) is 12.4. The zero-order valence-corrected chi connectivity index (χ0v) is 11.4. The van der Waals surface area contributed by atoms with Gasteiger partial charge in [-0.15, -0.1) is 11.3 Å². The zero-order valence-electron chi connectivity index (χ0n) is 10.6. The van der Waals surface area contributed by atoms with E-state index in [1.165, 1.54) is 11.3 Å². The molecule has 1 aromatic heterocycles. The van der Waals surface area contributed by atoms with E-state index in [1.54, 1.807) is 0 Å². The molecule has 0 radical (unpaired) electrons. The monoisotopic (exact) mass is 263 g/mol. The molecule has 3 nitrogen and oxygen atoms in total. The molecule has 0 saturated heterocycles. The van der Waals surface area contributed by atoms with Crippen LogP contribution in [-0.2, 0) is 0 Å². The van der Waals surface area contributed by atoms with Gasteiger partial charge in [0.2, 0.25) is 0 Å². The molecule has 0 aliphatic carbocycles. The third kappa shape index (κ3) is 2.89. The maximum absolute atomic E-state index is 10.3. The summed E-state index contributed by atoms with van der Waals surface area (Å²) in [4.78, 5) is 4.32. The molecule has 96 valence electrons. The van der Waals surface area contributed by atoms with Crippen LogP contribution in [0.4, 0.5) is 0 Å². The summed E-state index contributed by atoms with van der Waals surface area (Å²) < 4.78 is 5.65. The highest BCUT2D eigenvalue weighted by Gasteiger charge is 2.17. The predicted molar refractivity (Wildman–Crippen MR) is 73.1 cm³/mol. The summed E-state index contributed by atoms with van der Waals surface area (Å²) >= 11 is 1.54. The van der Waals surface area contributed by atoms with Crippen LogP contribution in [0.3, 0.4) is 0 Å². The van der Waals surface area contributed by atoms with Crippen LogP contribution < -0.4 is 4.74 Å². The highest BCUT2D eigenvalue weighted by atomic mass is 32.1. The van der Waals surface area contributed by atoms with E-state index in [9.17, 15) is 5.11 Å². The highest BCUT2D eigenvalue weighted by molar-refractivity contribution is 7.09. The number of hydrogen-bond acceptors (Lipinski definition) is 4. The number of aliphatic hydroxyl groups excluding tert-OH is 1. The van der Waals surface area contributed by atoms with E-state index in [2.05, 4.69) is 11.9 Å². The van der Waals surface area contributed by atoms with Crippen LogP contribution in [0.15, 0.2) is 29.6 Å². The first-order valence-corrected chi connectivity index (χ1v) is 6.92. The Morgan fingerprint density at radius 2 is 2.17 bits per heavy atom. The molecule has 18 heavy (non-hydrogen) atoms. The van der Waals surface area contributed by atoms with Crippen LogP contribution >= 0.6 is 11.3 Å². The maximum Gasteiger partial charge on any atom is 0.125 e. The number of thiazole rings is 1. The van der Waals surface area contributed by atoms with Crippen molar-refractivity contribution >= 4 is 11.3 Å². The number of benzene rings is 1. The van der Waals surface area contributed by atoms with Crippen molar-refractivity contribution in [3.8, 4) is 5.75 Å². The fourth-order valence-electron chi connectivity index (χ4n) is 1.71. The SMILES string of the molecule is CCCOc1ccccc1C(O)c1csc(C)n1. The van der Waals surface area contributed by atoms with Gasteiger partial charge >= 0.3 is 0 Å². The summed E-state index contributed by atoms with van der Waals surface area (Å²) in [6.45, 7) is 4.64. The summed E-state index contributed by atoms with van der Waals surface area (Å²) in [6, 6.07) is 7.57. The number of rotatable bonds is 5. The largest absolute Gasteiger partial charge is 0.493 e. The third-order valence-electron chi connectivity index (χ3n) is 2.59. The van der Waals surface area contributed by atoms with Crippen LogP contribution in [0.5, 0.6) is 5.75 Å². The lowest BCUT2D eigenvalue weighted by Crippen LogP contribution is -2.05. The lowest BCUT2D eigenvalue weighted by molar-refractivity contribution is 0.206. The van der Waals surface area contributed by atoms with Gasteiger partial charge in [0.25, 0.3) is 0 Å². The average molecular weight is 263 g/mol. The third-order valence-corrected chi connectivity index (χ3v) is 3.38. The molecule has 0 aliphatic rings. The minimum atomic E-state index is -0.719. The van der Waals surface area contributed by atoms with E-state index in [1.807, 2.05) is 36.6 Å². The second-order valence-corrected chi connectivity index (χ2v) is 5.14. The molecule has 1 N–H and O–H groups in total. The van der Waals surface area contributed by atoms with Gasteiger partial charge in [-0.3, -0.25) is 0 Å². The number of aliphatic hydroxyl groups is 1. The van der Waals surface area contributed by atoms with E-state index in [-0.39, 0.29) is 0 Å². The van der Waals surface area contributed by atoms with E-state index in [4.69, 9.17) is 4.74 Å². The molecular formula is C14H17NO2S. The number of hydrogen-bond donors (Lipinski definition) is 1. The van der Waals surface area contributed by atoms with E-state index >= 15 is 0 Å². The zero-order chi connectivity index (χ0) is 13.0. The molecule has 0 saturated carbocycles. The van der Waals surface area contributed by atoms with Crippen molar-refractivity contribution in [3.05, 3.63) is 45.9 Å². The molecule has 2 aromatic rings. The van der Waals surface area contributed by atoms with Gasteiger partial charge in [-0.2, -0.15) is 0 Å². The first-order valence-electron chi connectivity index (χ1n) is 6.04. The molecule has 0 spiro atoms. The molecule has 1 unspecified atom stereocenters. The Morgan fingerprint density at radius 1 is 1.39 bits per heavy atom. The van der Waals surface area contributed by atoms with E-state index < -0.39 is 6.10 Å². The smallest absolute Gasteiger partial charge is 0.125 e. The van der Waals surface area contributed by atoms with Crippen LogP contribution in [0.25, 0.3) is 0 Å². The highest BCUT2D eigenvalue weighted by Crippen LogP contribution is 2.30. The van der Waals surface area contributed by atoms with E-state index in [0.29, 0.717) is 12.3 Å². The summed E-state index contributed by atoms with van der Waals surface area (Å²) in [7, 11) is 0. The number of aryl methyl sites for hydroxylation is 1. The Morgan fingerprint density at radius 3 is 2.83 bits per heavy atom. The summed E-state index contributed by atoms with van der Waals surface area (Å²) in [5.74, 6) is 0.734. The van der Waals surface area contributed by atoms with Gasteiger partial charge in [0.15, 0.2) is 0 Å². The van der Waals surface area contributed by atoms with Crippen LogP contribution in [-0.4, -0.2) is 16.7 Å². The lowest BCUT2D eigenvalue weighted by Gasteiger charge is -2.14. The van der Waals surface area contributed by atoms with Crippen molar-refractivity contribution in [1.82, 2.24) is 4.98 Å². The van der Waals surface area contributed by atoms with Gasteiger partial charge in [0, 0.05) is 10.9 Å². The minimum absolute atomic E-state index is 0.653. The average Bonchev–Trinajstić information content (AvgIpc) is 2.82. The first-order chi connectivity index (χ1) is 8.72. The van der Waals surface area contributed by atoms with Crippen LogP contribution in [0, 0.1) is 6.92 Å². The Bertz CT molecular complexity index is 510. The fraction of sp³-hybridized carbons (Fsp3) is 0.357. The number of ether oxygens (including phenoxy) is 1. The Hall–Kier alpha value is -1.39. The fourth-order valence-corrected chi connectivity index (χ4v) is 2.35. The molecule has 0 aliphatic heterocycles. The van der Waals surface area contributed by atoms with Crippen LogP contribution in [0.2, 0.25) is 0 Å². The molecular weight excluding hydrogens is 246 g/mol. The van der Waals surface area contributed by atoms with Gasteiger partial charge in [-0.25, -0.2) is 4.98 Å². The van der Waals surface area contributed by atoms with Crippen molar-refractivity contribution in [1.29, 1.82) is 0 Å². The standard InChI is InChI=1S/C14H17NO2S/c1-3-8-17-13-7-5-4-6-11(13)14(16)12-9-18-10(2)15-12/h4-7,9,14,16H,3,8H2,1-2H3. The second-order valence-electron chi connectivity index (χ2n) is 4.08. The Labute approximate surface area is 111 Å².